The summed E-state index contributed by atoms with van der Waals surface area (Å²) in [5.41, 5.74) is 0.471. The van der Waals surface area contributed by atoms with Crippen molar-refractivity contribution < 1.29 is 33.0 Å². The van der Waals surface area contributed by atoms with Crippen LogP contribution in [0.1, 0.15) is 25.7 Å². The van der Waals surface area contributed by atoms with Gasteiger partial charge in [-0.25, -0.2) is 23.3 Å². The number of carboxylic acid groups (broad SMARTS) is 1. The lowest BCUT2D eigenvalue weighted by atomic mass is 9.82. The van der Waals surface area contributed by atoms with E-state index < -0.39 is 23.7 Å². The maximum Gasteiger partial charge on any atom is 0.418 e. The number of ether oxygens (including phenoxy) is 2. The van der Waals surface area contributed by atoms with E-state index in [0.29, 0.717) is 6.61 Å². The molecule has 2 aromatic rings. The fourth-order valence-electron chi connectivity index (χ4n) is 3.86. The summed E-state index contributed by atoms with van der Waals surface area (Å²) in [6.45, 7) is 0.192. The largest absolute Gasteiger partial charge is 0.480 e. The number of amides is 1. The van der Waals surface area contributed by atoms with Crippen molar-refractivity contribution in [2.75, 3.05) is 24.7 Å². The third-order valence-corrected chi connectivity index (χ3v) is 5.23. The summed E-state index contributed by atoms with van der Waals surface area (Å²) in [7, 11) is 0. The monoisotopic (exact) mass is 433 g/mol. The van der Waals surface area contributed by atoms with Gasteiger partial charge in [0.05, 0.1) is 24.6 Å². The molecule has 166 valence electrons. The van der Waals surface area contributed by atoms with Gasteiger partial charge in [-0.05, 0) is 67.5 Å². The SMILES string of the molecule is O=C(O)COCC1CCCC(COC(=O)N(c2cccc(F)c2)c2cccc(F)c2)C1. The van der Waals surface area contributed by atoms with Crippen LogP contribution in [0.2, 0.25) is 0 Å². The van der Waals surface area contributed by atoms with Crippen molar-refractivity contribution in [1.82, 2.24) is 0 Å². The quantitative estimate of drug-likeness (QED) is 0.623. The number of hydrogen-bond acceptors (Lipinski definition) is 4. The molecular formula is C23H25F2NO5. The van der Waals surface area contributed by atoms with Crippen LogP contribution < -0.4 is 4.90 Å². The van der Waals surface area contributed by atoms with Crippen LogP contribution in [0.5, 0.6) is 0 Å². The number of anilines is 2. The van der Waals surface area contributed by atoms with E-state index in [-0.39, 0.29) is 36.4 Å². The van der Waals surface area contributed by atoms with Crippen molar-refractivity contribution in [1.29, 1.82) is 0 Å². The molecule has 1 fully saturated rings. The van der Waals surface area contributed by atoms with Gasteiger partial charge in [-0.2, -0.15) is 0 Å². The summed E-state index contributed by atoms with van der Waals surface area (Å²) in [4.78, 5) is 24.6. The highest BCUT2D eigenvalue weighted by atomic mass is 19.1. The first-order valence-corrected chi connectivity index (χ1v) is 10.2. The molecule has 1 N–H and O–H groups in total. The number of carbonyl (C=O) groups excluding carboxylic acids is 1. The fraction of sp³-hybridized carbons (Fsp3) is 0.391. The predicted molar refractivity (Wildman–Crippen MR) is 110 cm³/mol. The first-order valence-electron chi connectivity index (χ1n) is 10.2. The highest BCUT2D eigenvalue weighted by Gasteiger charge is 2.26. The van der Waals surface area contributed by atoms with Gasteiger partial charge >= 0.3 is 12.1 Å². The highest BCUT2D eigenvalue weighted by Crippen LogP contribution is 2.31. The molecular weight excluding hydrogens is 408 g/mol. The van der Waals surface area contributed by atoms with Gasteiger partial charge in [-0.3, -0.25) is 0 Å². The summed E-state index contributed by atoms with van der Waals surface area (Å²) < 4.78 is 38.2. The molecule has 0 radical (unpaired) electrons. The van der Waals surface area contributed by atoms with Crippen LogP contribution in [0.25, 0.3) is 0 Å². The topological polar surface area (TPSA) is 76.1 Å². The standard InChI is InChI=1S/C23H25F2NO5/c24-18-6-2-8-20(11-18)26(21-9-3-7-19(25)12-21)23(29)31-14-17-5-1-4-16(10-17)13-30-15-22(27)28/h2-3,6-9,11-12,16-17H,1,4-5,10,13-15H2,(H,27,28). The molecule has 0 spiro atoms. The third-order valence-electron chi connectivity index (χ3n) is 5.23. The van der Waals surface area contributed by atoms with Gasteiger partial charge in [0, 0.05) is 0 Å². The van der Waals surface area contributed by atoms with E-state index in [1.165, 1.54) is 36.4 Å². The average Bonchev–Trinajstić information content (AvgIpc) is 2.73. The van der Waals surface area contributed by atoms with E-state index >= 15 is 0 Å². The molecule has 31 heavy (non-hydrogen) atoms. The second-order valence-corrected chi connectivity index (χ2v) is 7.68. The Bertz CT molecular complexity index is 862. The summed E-state index contributed by atoms with van der Waals surface area (Å²) in [6.07, 6.45) is 2.78. The predicted octanol–water partition coefficient (Wildman–Crippen LogP) is 5.15. The molecule has 0 saturated heterocycles. The normalized spacial score (nSPS) is 18.4. The van der Waals surface area contributed by atoms with Gasteiger partial charge in [0.15, 0.2) is 0 Å². The molecule has 2 aromatic carbocycles. The number of aliphatic carboxylic acids is 1. The third kappa shape index (κ3) is 6.75. The molecule has 8 heteroatoms. The maximum absolute atomic E-state index is 13.8. The molecule has 0 aromatic heterocycles. The Hall–Kier alpha value is -3.00. The number of hydrogen-bond donors (Lipinski definition) is 1. The van der Waals surface area contributed by atoms with Crippen molar-refractivity contribution in [2.24, 2.45) is 11.8 Å². The second kappa shape index (κ2) is 10.9. The number of carbonyl (C=O) groups is 2. The summed E-state index contributed by atoms with van der Waals surface area (Å²) in [6, 6.07) is 10.9. The average molecular weight is 433 g/mol. The summed E-state index contributed by atoms with van der Waals surface area (Å²) in [5.74, 6) is -1.74. The zero-order chi connectivity index (χ0) is 22.2. The highest BCUT2D eigenvalue weighted by molar-refractivity contribution is 5.95. The van der Waals surface area contributed by atoms with Gasteiger partial charge < -0.3 is 14.6 Å². The molecule has 0 aliphatic heterocycles. The van der Waals surface area contributed by atoms with Crippen molar-refractivity contribution in [2.45, 2.75) is 25.7 Å². The molecule has 1 aliphatic rings. The summed E-state index contributed by atoms with van der Waals surface area (Å²) >= 11 is 0. The Morgan fingerprint density at radius 1 is 0.968 bits per heavy atom. The first kappa shape index (κ1) is 22.7. The minimum absolute atomic E-state index is 0.109. The van der Waals surface area contributed by atoms with E-state index in [2.05, 4.69) is 0 Å². The van der Waals surface area contributed by atoms with Gasteiger partial charge in [-0.1, -0.05) is 18.6 Å². The van der Waals surface area contributed by atoms with E-state index in [1.54, 1.807) is 12.1 Å². The lowest BCUT2D eigenvalue weighted by Crippen LogP contribution is -2.30. The molecule has 0 heterocycles. The van der Waals surface area contributed by atoms with Crippen LogP contribution in [0.4, 0.5) is 25.0 Å². The molecule has 2 atom stereocenters. The van der Waals surface area contributed by atoms with Gasteiger partial charge in [0.1, 0.15) is 18.2 Å². The molecule has 3 rings (SSSR count). The van der Waals surface area contributed by atoms with E-state index in [9.17, 15) is 18.4 Å². The van der Waals surface area contributed by atoms with E-state index in [0.717, 1.165) is 30.6 Å². The lowest BCUT2D eigenvalue weighted by molar-refractivity contribution is -0.142. The molecule has 1 amide bonds. The number of benzene rings is 2. The van der Waals surface area contributed by atoms with Crippen molar-refractivity contribution in [3.63, 3.8) is 0 Å². The Morgan fingerprint density at radius 2 is 1.55 bits per heavy atom. The van der Waals surface area contributed by atoms with Gasteiger partial charge in [0.2, 0.25) is 0 Å². The number of nitrogens with zero attached hydrogens (tertiary/aromatic N) is 1. The van der Waals surface area contributed by atoms with Crippen LogP contribution in [-0.4, -0.2) is 37.0 Å². The fourth-order valence-corrected chi connectivity index (χ4v) is 3.86. The van der Waals surface area contributed by atoms with Gasteiger partial charge in [-0.15, -0.1) is 0 Å². The Kier molecular flexibility index (Phi) is 7.94. The smallest absolute Gasteiger partial charge is 0.418 e. The van der Waals surface area contributed by atoms with E-state index in [1.807, 2.05) is 0 Å². The molecule has 0 bridgehead atoms. The Labute approximate surface area is 179 Å². The number of carboxylic acids is 1. The van der Waals surface area contributed by atoms with Crippen molar-refractivity contribution in [3.8, 4) is 0 Å². The van der Waals surface area contributed by atoms with Gasteiger partial charge in [0.25, 0.3) is 0 Å². The van der Waals surface area contributed by atoms with Crippen LogP contribution in [0, 0.1) is 23.5 Å². The maximum atomic E-state index is 13.8. The first-order chi connectivity index (χ1) is 14.9. The number of halogens is 2. The zero-order valence-corrected chi connectivity index (χ0v) is 17.0. The molecule has 1 aliphatic carbocycles. The van der Waals surface area contributed by atoms with Crippen molar-refractivity contribution >= 4 is 23.4 Å². The number of rotatable bonds is 8. The molecule has 1 saturated carbocycles. The second-order valence-electron chi connectivity index (χ2n) is 7.68. The molecule has 2 unspecified atom stereocenters. The Balaban J connectivity index is 1.64. The minimum Gasteiger partial charge on any atom is -0.480 e. The zero-order valence-electron chi connectivity index (χ0n) is 17.0. The van der Waals surface area contributed by atoms with Crippen molar-refractivity contribution in [3.05, 3.63) is 60.2 Å². The Morgan fingerprint density at radius 3 is 2.10 bits per heavy atom. The minimum atomic E-state index is -1.00. The lowest BCUT2D eigenvalue weighted by Gasteiger charge is -2.29. The van der Waals surface area contributed by atoms with Crippen LogP contribution >= 0.6 is 0 Å². The van der Waals surface area contributed by atoms with Crippen LogP contribution in [-0.2, 0) is 14.3 Å². The van der Waals surface area contributed by atoms with Crippen LogP contribution in [0.3, 0.4) is 0 Å². The molecule has 6 nitrogen and oxygen atoms in total. The van der Waals surface area contributed by atoms with E-state index in [4.69, 9.17) is 14.6 Å². The van der Waals surface area contributed by atoms with Crippen LogP contribution in [0.15, 0.2) is 48.5 Å². The summed E-state index contributed by atoms with van der Waals surface area (Å²) in [5, 5.41) is 8.68.